The zero-order valence-corrected chi connectivity index (χ0v) is 14.1. The second-order valence-electron chi connectivity index (χ2n) is 5.15. The molecule has 23 heavy (non-hydrogen) atoms. The minimum absolute atomic E-state index is 0.573. The molecule has 0 amide bonds. The monoisotopic (exact) mass is 316 g/mol. The van der Waals surface area contributed by atoms with Gasteiger partial charge in [0.2, 0.25) is 0 Å². The summed E-state index contributed by atoms with van der Waals surface area (Å²) in [5, 5.41) is 10.5. The van der Waals surface area contributed by atoms with Crippen molar-refractivity contribution >= 4 is 5.96 Å². The van der Waals surface area contributed by atoms with E-state index in [0.29, 0.717) is 13.1 Å². The van der Waals surface area contributed by atoms with E-state index in [4.69, 9.17) is 4.74 Å². The molecule has 7 heteroatoms. The van der Waals surface area contributed by atoms with Crippen LogP contribution in [0.1, 0.15) is 23.9 Å². The van der Waals surface area contributed by atoms with Gasteiger partial charge in [0.25, 0.3) is 0 Å². The lowest BCUT2D eigenvalue weighted by molar-refractivity contribution is 0.411. The number of aromatic nitrogens is 3. The Morgan fingerprint density at radius 1 is 1.35 bits per heavy atom. The Balaban J connectivity index is 2.00. The van der Waals surface area contributed by atoms with Gasteiger partial charge in [-0.25, -0.2) is 9.98 Å². The van der Waals surface area contributed by atoms with Gasteiger partial charge < -0.3 is 15.4 Å². The quantitative estimate of drug-likeness (QED) is 0.622. The standard InChI is InChI=1S/C16H24N6O/c1-5-17-16(19-10-15-20-11-21-22(15)3)18-9-13-6-7-14(23-4)12(2)8-13/h6-8,11H,5,9-10H2,1-4H3,(H2,17,18,19). The van der Waals surface area contributed by atoms with Crippen molar-refractivity contribution in [2.24, 2.45) is 12.0 Å². The zero-order chi connectivity index (χ0) is 16.7. The van der Waals surface area contributed by atoms with Crippen LogP contribution >= 0.6 is 0 Å². The van der Waals surface area contributed by atoms with Crippen LogP contribution in [-0.4, -0.2) is 34.4 Å². The summed E-state index contributed by atoms with van der Waals surface area (Å²) in [4.78, 5) is 8.80. The van der Waals surface area contributed by atoms with Crippen LogP contribution in [0.4, 0.5) is 0 Å². The van der Waals surface area contributed by atoms with Crippen molar-refractivity contribution in [3.8, 4) is 5.75 Å². The smallest absolute Gasteiger partial charge is 0.191 e. The predicted octanol–water partition coefficient (Wildman–Crippen LogP) is 1.39. The van der Waals surface area contributed by atoms with Gasteiger partial charge >= 0.3 is 0 Å². The Morgan fingerprint density at radius 2 is 2.17 bits per heavy atom. The van der Waals surface area contributed by atoms with Gasteiger partial charge in [0.05, 0.1) is 20.2 Å². The summed E-state index contributed by atoms with van der Waals surface area (Å²) in [5.41, 5.74) is 2.25. The SMILES string of the molecule is CCNC(=NCc1ccc(OC)c(C)c1)NCc1ncnn1C. The van der Waals surface area contributed by atoms with E-state index in [-0.39, 0.29) is 0 Å². The Labute approximate surface area is 136 Å². The molecular weight excluding hydrogens is 292 g/mol. The lowest BCUT2D eigenvalue weighted by Crippen LogP contribution is -2.37. The molecule has 0 aliphatic rings. The van der Waals surface area contributed by atoms with Gasteiger partial charge in [0, 0.05) is 13.6 Å². The first-order chi connectivity index (χ1) is 11.1. The molecule has 1 aromatic heterocycles. The minimum Gasteiger partial charge on any atom is -0.496 e. The predicted molar refractivity (Wildman–Crippen MR) is 90.4 cm³/mol. The number of benzene rings is 1. The van der Waals surface area contributed by atoms with E-state index in [1.807, 2.05) is 33.0 Å². The molecule has 2 N–H and O–H groups in total. The van der Waals surface area contributed by atoms with E-state index in [9.17, 15) is 0 Å². The third-order valence-electron chi connectivity index (χ3n) is 3.44. The molecule has 2 rings (SSSR count). The number of aryl methyl sites for hydroxylation is 2. The number of hydrogen-bond acceptors (Lipinski definition) is 4. The molecule has 7 nitrogen and oxygen atoms in total. The largest absolute Gasteiger partial charge is 0.496 e. The average molecular weight is 316 g/mol. The first kappa shape index (κ1) is 16.8. The molecule has 0 saturated carbocycles. The molecule has 0 saturated heterocycles. The molecular formula is C16H24N6O. The summed E-state index contributed by atoms with van der Waals surface area (Å²) in [7, 11) is 3.55. The lowest BCUT2D eigenvalue weighted by Gasteiger charge is -2.11. The third-order valence-corrected chi connectivity index (χ3v) is 3.44. The Morgan fingerprint density at radius 3 is 2.78 bits per heavy atom. The van der Waals surface area contributed by atoms with Crippen molar-refractivity contribution < 1.29 is 4.74 Å². The fourth-order valence-corrected chi connectivity index (χ4v) is 2.19. The van der Waals surface area contributed by atoms with Gasteiger partial charge in [-0.3, -0.25) is 4.68 Å². The summed E-state index contributed by atoms with van der Waals surface area (Å²) < 4.78 is 7.02. The molecule has 0 aliphatic heterocycles. The lowest BCUT2D eigenvalue weighted by atomic mass is 10.1. The summed E-state index contributed by atoms with van der Waals surface area (Å²) in [6.45, 7) is 6.04. The number of nitrogens with zero attached hydrogens (tertiary/aromatic N) is 4. The Kier molecular flexibility index (Phi) is 5.96. The van der Waals surface area contributed by atoms with Gasteiger partial charge in [0.15, 0.2) is 5.96 Å². The summed E-state index contributed by atoms with van der Waals surface area (Å²) in [6.07, 6.45) is 1.54. The van der Waals surface area contributed by atoms with Crippen LogP contribution in [0.2, 0.25) is 0 Å². The van der Waals surface area contributed by atoms with E-state index < -0.39 is 0 Å². The van der Waals surface area contributed by atoms with Gasteiger partial charge in [0.1, 0.15) is 17.9 Å². The maximum absolute atomic E-state index is 5.28. The number of nitrogens with one attached hydrogen (secondary N) is 2. The second kappa shape index (κ2) is 8.17. The zero-order valence-electron chi connectivity index (χ0n) is 14.1. The number of methoxy groups -OCH3 is 1. The fraction of sp³-hybridized carbons (Fsp3) is 0.438. The van der Waals surface area contributed by atoms with E-state index >= 15 is 0 Å². The number of aliphatic imine (C=N–C) groups is 1. The van der Waals surface area contributed by atoms with Crippen LogP contribution < -0.4 is 15.4 Å². The second-order valence-corrected chi connectivity index (χ2v) is 5.15. The van der Waals surface area contributed by atoms with Crippen LogP contribution in [0.15, 0.2) is 29.5 Å². The van der Waals surface area contributed by atoms with Gasteiger partial charge in [-0.2, -0.15) is 5.10 Å². The molecule has 0 bridgehead atoms. The summed E-state index contributed by atoms with van der Waals surface area (Å²) in [5.74, 6) is 2.50. The summed E-state index contributed by atoms with van der Waals surface area (Å²) >= 11 is 0. The topological polar surface area (TPSA) is 76.4 Å². The van der Waals surface area contributed by atoms with Gasteiger partial charge in [-0.05, 0) is 31.0 Å². The maximum Gasteiger partial charge on any atom is 0.191 e. The van der Waals surface area contributed by atoms with E-state index in [2.05, 4.69) is 31.8 Å². The van der Waals surface area contributed by atoms with Crippen molar-refractivity contribution in [2.75, 3.05) is 13.7 Å². The van der Waals surface area contributed by atoms with Crippen molar-refractivity contribution in [3.05, 3.63) is 41.5 Å². The van der Waals surface area contributed by atoms with Crippen molar-refractivity contribution in [2.45, 2.75) is 26.9 Å². The van der Waals surface area contributed by atoms with Crippen LogP contribution in [0, 0.1) is 6.92 Å². The third kappa shape index (κ3) is 4.70. The normalized spacial score (nSPS) is 11.4. The van der Waals surface area contributed by atoms with Crippen LogP contribution in [0.5, 0.6) is 5.75 Å². The molecule has 0 radical (unpaired) electrons. The van der Waals surface area contributed by atoms with Crippen molar-refractivity contribution in [1.82, 2.24) is 25.4 Å². The van der Waals surface area contributed by atoms with Gasteiger partial charge in [-0.1, -0.05) is 12.1 Å². The molecule has 1 aromatic carbocycles. The molecule has 0 unspecified atom stereocenters. The minimum atomic E-state index is 0.573. The molecule has 0 atom stereocenters. The highest BCUT2D eigenvalue weighted by Gasteiger charge is 2.03. The highest BCUT2D eigenvalue weighted by molar-refractivity contribution is 5.79. The maximum atomic E-state index is 5.28. The first-order valence-electron chi connectivity index (χ1n) is 7.62. The number of hydrogen-bond donors (Lipinski definition) is 2. The van der Waals surface area contributed by atoms with E-state index in [0.717, 1.165) is 35.2 Å². The first-order valence-corrected chi connectivity index (χ1v) is 7.62. The molecule has 0 spiro atoms. The van der Waals surface area contributed by atoms with Crippen LogP contribution in [0.25, 0.3) is 0 Å². The number of rotatable bonds is 6. The van der Waals surface area contributed by atoms with Crippen molar-refractivity contribution in [3.63, 3.8) is 0 Å². The number of guanidine groups is 1. The Hall–Kier alpha value is -2.57. The van der Waals surface area contributed by atoms with Gasteiger partial charge in [-0.15, -0.1) is 0 Å². The molecule has 2 aromatic rings. The average Bonchev–Trinajstić information content (AvgIpc) is 2.95. The fourth-order valence-electron chi connectivity index (χ4n) is 2.19. The van der Waals surface area contributed by atoms with Crippen molar-refractivity contribution in [1.29, 1.82) is 0 Å². The number of ether oxygens (including phenoxy) is 1. The van der Waals surface area contributed by atoms with Crippen LogP contribution in [0.3, 0.4) is 0 Å². The van der Waals surface area contributed by atoms with Crippen LogP contribution in [-0.2, 0) is 20.1 Å². The highest BCUT2D eigenvalue weighted by Crippen LogP contribution is 2.18. The van der Waals surface area contributed by atoms with E-state index in [1.165, 1.54) is 0 Å². The molecule has 1 heterocycles. The van der Waals surface area contributed by atoms with E-state index in [1.54, 1.807) is 18.1 Å². The highest BCUT2D eigenvalue weighted by atomic mass is 16.5. The summed E-state index contributed by atoms with van der Waals surface area (Å²) in [6, 6.07) is 6.09. The molecule has 124 valence electrons. The Bertz CT molecular complexity index is 664. The molecule has 0 fully saturated rings. The molecule has 0 aliphatic carbocycles.